The molecule has 1 aliphatic heterocycles. The molecular weight excluding hydrogens is 504 g/mol. The number of amides is 1. The highest BCUT2D eigenvalue weighted by Gasteiger charge is 2.27. The van der Waals surface area contributed by atoms with Crippen LogP contribution in [0.3, 0.4) is 0 Å². The quantitative estimate of drug-likeness (QED) is 0.274. The Morgan fingerprint density at radius 2 is 1.95 bits per heavy atom. The maximum atomic E-state index is 13.1. The van der Waals surface area contributed by atoms with E-state index in [0.29, 0.717) is 18.1 Å². The average Bonchev–Trinajstić information content (AvgIpc) is 3.56. The Balaban J connectivity index is 1.21. The highest BCUT2D eigenvalue weighted by atomic mass is 16.5. The van der Waals surface area contributed by atoms with Crippen LogP contribution in [0.15, 0.2) is 79.0 Å². The molecule has 2 aromatic carbocycles. The van der Waals surface area contributed by atoms with E-state index in [4.69, 9.17) is 4.74 Å². The summed E-state index contributed by atoms with van der Waals surface area (Å²) >= 11 is 0. The van der Waals surface area contributed by atoms with Gasteiger partial charge in [0.05, 0.1) is 5.52 Å². The van der Waals surface area contributed by atoms with Crippen LogP contribution >= 0.6 is 0 Å². The van der Waals surface area contributed by atoms with Crippen LogP contribution in [0, 0.1) is 6.92 Å². The van der Waals surface area contributed by atoms with Crippen LogP contribution in [0.2, 0.25) is 0 Å². The van der Waals surface area contributed by atoms with E-state index in [9.17, 15) is 4.79 Å². The summed E-state index contributed by atoms with van der Waals surface area (Å²) in [6.07, 6.45) is 8.55. The number of hydrogen-bond acceptors (Lipinski definition) is 8. The first-order chi connectivity index (χ1) is 19.4. The summed E-state index contributed by atoms with van der Waals surface area (Å²) in [4.78, 5) is 30.2. The number of fused-ring (bicyclic) bond motifs is 2. The second-order valence-corrected chi connectivity index (χ2v) is 10.1. The van der Waals surface area contributed by atoms with Gasteiger partial charge in [-0.15, -0.1) is 0 Å². The van der Waals surface area contributed by atoms with E-state index in [2.05, 4.69) is 36.3 Å². The molecular formula is C30H30N8O2. The molecule has 3 aromatic heterocycles. The van der Waals surface area contributed by atoms with E-state index in [1.807, 2.05) is 80.6 Å². The normalized spacial score (nSPS) is 14.7. The zero-order valence-electron chi connectivity index (χ0n) is 22.7. The van der Waals surface area contributed by atoms with Gasteiger partial charge in [-0.3, -0.25) is 4.79 Å². The molecule has 1 saturated heterocycles. The number of hydrogen-bond donors (Lipinski definition) is 1. The van der Waals surface area contributed by atoms with Crippen LogP contribution in [0.5, 0.6) is 11.5 Å². The van der Waals surface area contributed by atoms with Crippen molar-refractivity contribution in [2.24, 2.45) is 0 Å². The van der Waals surface area contributed by atoms with E-state index < -0.39 is 0 Å². The minimum Gasteiger partial charge on any atom is -0.457 e. The van der Waals surface area contributed by atoms with Gasteiger partial charge in [0, 0.05) is 47.7 Å². The number of carbonyl (C=O) groups is 1. The van der Waals surface area contributed by atoms with Gasteiger partial charge in [-0.2, -0.15) is 5.10 Å². The third-order valence-corrected chi connectivity index (χ3v) is 6.94. The van der Waals surface area contributed by atoms with Gasteiger partial charge in [0.2, 0.25) is 0 Å². The lowest BCUT2D eigenvalue weighted by molar-refractivity contribution is -0.114. The van der Waals surface area contributed by atoms with Gasteiger partial charge in [-0.1, -0.05) is 6.08 Å². The van der Waals surface area contributed by atoms with Crippen LogP contribution in [-0.4, -0.2) is 62.6 Å². The molecule has 202 valence electrons. The van der Waals surface area contributed by atoms with E-state index >= 15 is 0 Å². The summed E-state index contributed by atoms with van der Waals surface area (Å²) in [6.45, 7) is 3.58. The number of anilines is 3. The van der Waals surface area contributed by atoms with Crippen molar-refractivity contribution in [2.45, 2.75) is 19.8 Å². The third kappa shape index (κ3) is 5.21. The fraction of sp³-hybridized carbons (Fsp3) is 0.233. The fourth-order valence-electron chi connectivity index (χ4n) is 4.82. The summed E-state index contributed by atoms with van der Waals surface area (Å²) in [7, 11) is 4.07. The van der Waals surface area contributed by atoms with Crippen molar-refractivity contribution in [1.29, 1.82) is 0 Å². The van der Waals surface area contributed by atoms with Crippen molar-refractivity contribution in [3.8, 4) is 11.5 Å². The second kappa shape index (κ2) is 10.7. The SMILES string of the molecule is Cc1cc(Nc2ncnc3ccc(N4CC/C(=C\CCN(C)C)C4=O)cc23)ccc1Oc1ccn2ncnc2c1. The van der Waals surface area contributed by atoms with Crippen molar-refractivity contribution in [2.75, 3.05) is 37.4 Å². The van der Waals surface area contributed by atoms with Crippen LogP contribution in [-0.2, 0) is 4.79 Å². The average molecular weight is 535 g/mol. The van der Waals surface area contributed by atoms with Crippen molar-refractivity contribution >= 4 is 39.6 Å². The summed E-state index contributed by atoms with van der Waals surface area (Å²) in [6, 6.07) is 15.5. The number of ether oxygens (including phenoxy) is 1. The van der Waals surface area contributed by atoms with Gasteiger partial charge in [0.15, 0.2) is 5.65 Å². The fourth-order valence-corrected chi connectivity index (χ4v) is 4.82. The largest absolute Gasteiger partial charge is 0.457 e. The molecule has 40 heavy (non-hydrogen) atoms. The van der Waals surface area contributed by atoms with Gasteiger partial charge >= 0.3 is 0 Å². The molecule has 0 unspecified atom stereocenters. The Bertz CT molecular complexity index is 1740. The zero-order chi connectivity index (χ0) is 27.6. The van der Waals surface area contributed by atoms with E-state index in [-0.39, 0.29) is 5.91 Å². The zero-order valence-corrected chi connectivity index (χ0v) is 22.7. The van der Waals surface area contributed by atoms with E-state index in [1.54, 1.807) is 10.8 Å². The predicted octanol–water partition coefficient (Wildman–Crippen LogP) is 5.13. The molecule has 6 rings (SSSR count). The number of carbonyl (C=O) groups excluding carboxylic acids is 1. The molecule has 5 aromatic rings. The second-order valence-electron chi connectivity index (χ2n) is 10.1. The Morgan fingerprint density at radius 3 is 2.80 bits per heavy atom. The summed E-state index contributed by atoms with van der Waals surface area (Å²) < 4.78 is 7.80. The standard InChI is InChI=1S/C30H30N8O2/c1-20-15-22(6-9-27(20)40-24-11-14-38-28(17-24)32-19-34-38)35-29-25-16-23(7-8-26(25)31-18-33-29)37-13-10-21(30(37)39)5-4-12-36(2)3/h5-9,11,14-19H,4,10,12-13H2,1-3H3,(H,31,33,35)/b21-5+. The summed E-state index contributed by atoms with van der Waals surface area (Å²) in [5, 5.41) is 8.39. The summed E-state index contributed by atoms with van der Waals surface area (Å²) in [5.74, 6) is 2.17. The minimum absolute atomic E-state index is 0.0684. The monoisotopic (exact) mass is 534 g/mol. The maximum Gasteiger partial charge on any atom is 0.253 e. The Hall–Kier alpha value is -4.83. The van der Waals surface area contributed by atoms with Crippen LogP contribution in [0.1, 0.15) is 18.4 Å². The molecule has 0 spiro atoms. The first kappa shape index (κ1) is 25.4. The Labute approximate surface area is 231 Å². The number of pyridine rings is 1. The molecule has 1 amide bonds. The number of aryl methyl sites for hydroxylation is 1. The van der Waals surface area contributed by atoms with Crippen LogP contribution in [0.25, 0.3) is 16.6 Å². The maximum absolute atomic E-state index is 13.1. The smallest absolute Gasteiger partial charge is 0.253 e. The molecule has 4 heterocycles. The highest BCUT2D eigenvalue weighted by molar-refractivity contribution is 6.09. The van der Waals surface area contributed by atoms with Gasteiger partial charge < -0.3 is 19.9 Å². The van der Waals surface area contributed by atoms with Gasteiger partial charge in [0.1, 0.15) is 30.0 Å². The van der Waals surface area contributed by atoms with Crippen LogP contribution in [0.4, 0.5) is 17.2 Å². The molecule has 0 aliphatic carbocycles. The number of aromatic nitrogens is 5. The molecule has 1 aliphatic rings. The highest BCUT2D eigenvalue weighted by Crippen LogP contribution is 2.33. The molecule has 10 nitrogen and oxygen atoms in total. The van der Waals surface area contributed by atoms with E-state index in [0.717, 1.165) is 64.2 Å². The topological polar surface area (TPSA) is 101 Å². The Morgan fingerprint density at radius 1 is 1.05 bits per heavy atom. The summed E-state index contributed by atoms with van der Waals surface area (Å²) in [5.41, 5.74) is 5.07. The van der Waals surface area contributed by atoms with Gasteiger partial charge in [-0.05, 0) is 81.9 Å². The van der Waals surface area contributed by atoms with Gasteiger partial charge in [0.25, 0.3) is 5.91 Å². The molecule has 0 bridgehead atoms. The lowest BCUT2D eigenvalue weighted by atomic mass is 10.1. The predicted molar refractivity (Wildman–Crippen MR) is 155 cm³/mol. The Kier molecular flexibility index (Phi) is 6.83. The number of nitrogens with one attached hydrogen (secondary N) is 1. The molecule has 0 saturated carbocycles. The molecule has 1 fully saturated rings. The number of rotatable bonds is 8. The third-order valence-electron chi connectivity index (χ3n) is 6.94. The van der Waals surface area contributed by atoms with Crippen molar-refractivity contribution < 1.29 is 9.53 Å². The molecule has 0 atom stereocenters. The first-order valence-electron chi connectivity index (χ1n) is 13.2. The lowest BCUT2D eigenvalue weighted by Crippen LogP contribution is -2.24. The minimum atomic E-state index is 0.0684. The molecule has 0 radical (unpaired) electrons. The van der Waals surface area contributed by atoms with Crippen LogP contribution < -0.4 is 15.0 Å². The van der Waals surface area contributed by atoms with Crippen molar-refractivity contribution in [3.05, 3.63) is 84.6 Å². The lowest BCUT2D eigenvalue weighted by Gasteiger charge is -2.17. The van der Waals surface area contributed by atoms with Crippen molar-refractivity contribution in [3.63, 3.8) is 0 Å². The molecule has 10 heteroatoms. The van der Waals surface area contributed by atoms with Crippen molar-refractivity contribution in [1.82, 2.24) is 29.5 Å². The first-order valence-corrected chi connectivity index (χ1v) is 13.2. The van der Waals surface area contributed by atoms with Gasteiger partial charge in [-0.25, -0.2) is 19.5 Å². The number of benzene rings is 2. The number of nitrogens with zero attached hydrogens (tertiary/aromatic N) is 7. The van der Waals surface area contributed by atoms with E-state index in [1.165, 1.54) is 6.33 Å². The molecule has 1 N–H and O–H groups in total.